The average Bonchev–Trinajstić information content (AvgIpc) is 3.01. The molecule has 1 saturated carbocycles. The molecule has 4 nitrogen and oxygen atoms in total. The molecule has 1 amide bonds. The lowest BCUT2D eigenvalue weighted by Crippen LogP contribution is -2.45. The van der Waals surface area contributed by atoms with E-state index in [9.17, 15) is 4.79 Å². The summed E-state index contributed by atoms with van der Waals surface area (Å²) in [5.41, 5.74) is 2.16. The Morgan fingerprint density at radius 2 is 2.45 bits per heavy atom. The lowest BCUT2D eigenvalue weighted by molar-refractivity contribution is -0.130. The molecule has 2 heterocycles. The number of fused-ring (bicyclic) bond motifs is 1. The Hall–Kier alpha value is -1.42. The fraction of sp³-hybridized carbons (Fsp3) is 0.625. The number of carbonyl (C=O) groups is 1. The molecule has 1 aliphatic heterocycles. The van der Waals surface area contributed by atoms with E-state index in [0.29, 0.717) is 12.6 Å². The zero-order chi connectivity index (χ0) is 14.0. The van der Waals surface area contributed by atoms with E-state index in [-0.39, 0.29) is 11.3 Å². The van der Waals surface area contributed by atoms with Gasteiger partial charge in [-0.3, -0.25) is 9.78 Å². The molecule has 2 aliphatic rings. The predicted octanol–water partition coefficient (Wildman–Crippen LogP) is 1.58. The maximum atomic E-state index is 12.6. The molecule has 0 spiro atoms. The van der Waals surface area contributed by atoms with Crippen LogP contribution in [0.4, 0.5) is 0 Å². The van der Waals surface area contributed by atoms with Crippen molar-refractivity contribution >= 4 is 5.91 Å². The highest BCUT2D eigenvalue weighted by Gasteiger charge is 2.51. The Morgan fingerprint density at radius 1 is 1.55 bits per heavy atom. The van der Waals surface area contributed by atoms with E-state index in [1.165, 1.54) is 12.0 Å². The summed E-state index contributed by atoms with van der Waals surface area (Å²) in [5, 5.41) is 6.64. The summed E-state index contributed by atoms with van der Waals surface area (Å²) in [5.74, 6) is 0.256. The van der Waals surface area contributed by atoms with E-state index in [1.54, 1.807) is 0 Å². The predicted molar refractivity (Wildman–Crippen MR) is 78.4 cm³/mol. The minimum atomic E-state index is -0.121. The molecule has 0 radical (unpaired) electrons. The van der Waals surface area contributed by atoms with E-state index in [2.05, 4.69) is 21.7 Å². The standard InChI is InChI=1S/C16H23N3O/c1-12-13(4-3-9-17-12)6-10-19-15(20)16-7-2-5-14(16)18-11-8-16/h3-4,9,14,18H,2,5-8,10-11H2,1H3,(H,19,20)/t14-,16+/m1/s1. The number of rotatable bonds is 4. The molecule has 2 fully saturated rings. The first kappa shape index (κ1) is 13.6. The molecule has 20 heavy (non-hydrogen) atoms. The summed E-state index contributed by atoms with van der Waals surface area (Å²) >= 11 is 0. The van der Waals surface area contributed by atoms with Crippen LogP contribution in [0.1, 0.15) is 36.9 Å². The Morgan fingerprint density at radius 3 is 3.30 bits per heavy atom. The topological polar surface area (TPSA) is 54.0 Å². The molecule has 1 aromatic rings. The molecule has 0 unspecified atom stereocenters. The smallest absolute Gasteiger partial charge is 0.227 e. The number of aromatic nitrogens is 1. The van der Waals surface area contributed by atoms with Crippen LogP contribution in [0.3, 0.4) is 0 Å². The Bertz CT molecular complexity index is 490. The van der Waals surface area contributed by atoms with Gasteiger partial charge in [-0.1, -0.05) is 12.5 Å². The fourth-order valence-corrected chi connectivity index (χ4v) is 3.79. The van der Waals surface area contributed by atoms with Gasteiger partial charge in [-0.25, -0.2) is 0 Å². The number of nitrogens with zero attached hydrogens (tertiary/aromatic N) is 1. The van der Waals surface area contributed by atoms with Crippen molar-refractivity contribution in [1.82, 2.24) is 15.6 Å². The van der Waals surface area contributed by atoms with Crippen molar-refractivity contribution < 1.29 is 4.79 Å². The second kappa shape index (κ2) is 5.52. The van der Waals surface area contributed by atoms with E-state index >= 15 is 0 Å². The van der Waals surface area contributed by atoms with Crippen LogP contribution in [0.5, 0.6) is 0 Å². The number of hydrogen-bond donors (Lipinski definition) is 2. The van der Waals surface area contributed by atoms with Gasteiger partial charge in [0.15, 0.2) is 0 Å². The quantitative estimate of drug-likeness (QED) is 0.876. The van der Waals surface area contributed by atoms with E-state index in [1.807, 2.05) is 19.2 Å². The Labute approximate surface area is 120 Å². The third kappa shape index (κ3) is 2.33. The molecule has 1 aliphatic carbocycles. The first-order valence-electron chi connectivity index (χ1n) is 7.64. The van der Waals surface area contributed by atoms with Crippen molar-refractivity contribution in [3.05, 3.63) is 29.6 Å². The van der Waals surface area contributed by atoms with E-state index < -0.39 is 0 Å². The molecule has 1 saturated heterocycles. The first-order valence-corrected chi connectivity index (χ1v) is 7.64. The van der Waals surface area contributed by atoms with Gasteiger partial charge in [-0.15, -0.1) is 0 Å². The summed E-state index contributed by atoms with van der Waals surface area (Å²) in [6.45, 7) is 3.71. The van der Waals surface area contributed by atoms with Crippen molar-refractivity contribution in [1.29, 1.82) is 0 Å². The van der Waals surface area contributed by atoms with Gasteiger partial charge >= 0.3 is 0 Å². The van der Waals surface area contributed by atoms with Gasteiger partial charge in [0.2, 0.25) is 5.91 Å². The highest BCUT2D eigenvalue weighted by atomic mass is 16.2. The number of carbonyl (C=O) groups excluding carboxylic acids is 1. The van der Waals surface area contributed by atoms with Crippen molar-refractivity contribution in [2.45, 2.75) is 45.1 Å². The van der Waals surface area contributed by atoms with Gasteiger partial charge in [-0.05, 0) is 50.8 Å². The molecular formula is C16H23N3O. The highest BCUT2D eigenvalue weighted by molar-refractivity contribution is 5.84. The zero-order valence-corrected chi connectivity index (χ0v) is 12.1. The van der Waals surface area contributed by atoms with Gasteiger partial charge in [0.1, 0.15) is 0 Å². The van der Waals surface area contributed by atoms with Crippen LogP contribution in [0.15, 0.2) is 18.3 Å². The van der Waals surface area contributed by atoms with Crippen LogP contribution in [0, 0.1) is 12.3 Å². The molecule has 1 aromatic heterocycles. The van der Waals surface area contributed by atoms with Crippen LogP contribution < -0.4 is 10.6 Å². The number of pyridine rings is 1. The molecular weight excluding hydrogens is 250 g/mol. The maximum Gasteiger partial charge on any atom is 0.227 e. The van der Waals surface area contributed by atoms with Crippen LogP contribution in [0.25, 0.3) is 0 Å². The number of aryl methyl sites for hydroxylation is 1. The summed E-state index contributed by atoms with van der Waals surface area (Å²) in [4.78, 5) is 16.8. The minimum absolute atomic E-state index is 0.121. The Kier molecular flexibility index (Phi) is 3.74. The van der Waals surface area contributed by atoms with Crippen molar-refractivity contribution in [2.75, 3.05) is 13.1 Å². The van der Waals surface area contributed by atoms with Crippen LogP contribution >= 0.6 is 0 Å². The second-order valence-corrected chi connectivity index (χ2v) is 6.06. The van der Waals surface area contributed by atoms with Crippen molar-refractivity contribution in [2.24, 2.45) is 5.41 Å². The van der Waals surface area contributed by atoms with E-state index in [0.717, 1.165) is 37.9 Å². The van der Waals surface area contributed by atoms with Gasteiger partial charge < -0.3 is 10.6 Å². The van der Waals surface area contributed by atoms with Gasteiger partial charge in [0.25, 0.3) is 0 Å². The monoisotopic (exact) mass is 273 g/mol. The second-order valence-electron chi connectivity index (χ2n) is 6.06. The lowest BCUT2D eigenvalue weighted by atomic mass is 9.81. The third-order valence-corrected chi connectivity index (χ3v) is 4.99. The number of nitrogens with one attached hydrogen (secondary N) is 2. The molecule has 0 bridgehead atoms. The fourth-order valence-electron chi connectivity index (χ4n) is 3.79. The highest BCUT2D eigenvalue weighted by Crippen LogP contribution is 2.44. The van der Waals surface area contributed by atoms with Gasteiger partial charge in [0.05, 0.1) is 5.41 Å². The minimum Gasteiger partial charge on any atom is -0.355 e. The van der Waals surface area contributed by atoms with Crippen LogP contribution in [-0.4, -0.2) is 30.0 Å². The number of amides is 1. The zero-order valence-electron chi connectivity index (χ0n) is 12.1. The molecule has 2 atom stereocenters. The summed E-state index contributed by atoms with van der Waals surface area (Å²) in [7, 11) is 0. The van der Waals surface area contributed by atoms with Crippen LogP contribution in [-0.2, 0) is 11.2 Å². The molecule has 108 valence electrons. The van der Waals surface area contributed by atoms with Gasteiger partial charge in [-0.2, -0.15) is 0 Å². The Balaban J connectivity index is 1.56. The number of hydrogen-bond acceptors (Lipinski definition) is 3. The first-order chi connectivity index (χ1) is 9.72. The lowest BCUT2D eigenvalue weighted by Gasteiger charge is -2.27. The normalized spacial score (nSPS) is 28.4. The summed E-state index contributed by atoms with van der Waals surface area (Å²) in [6, 6.07) is 4.45. The molecule has 2 N–H and O–H groups in total. The van der Waals surface area contributed by atoms with Gasteiger partial charge in [0, 0.05) is 24.5 Å². The largest absolute Gasteiger partial charge is 0.355 e. The SMILES string of the molecule is Cc1ncccc1CCNC(=O)[C@]12CCC[C@H]1NCC2. The average molecular weight is 273 g/mol. The van der Waals surface area contributed by atoms with Crippen molar-refractivity contribution in [3.8, 4) is 0 Å². The van der Waals surface area contributed by atoms with Crippen LogP contribution in [0.2, 0.25) is 0 Å². The molecule has 0 aromatic carbocycles. The van der Waals surface area contributed by atoms with E-state index in [4.69, 9.17) is 0 Å². The maximum absolute atomic E-state index is 12.6. The summed E-state index contributed by atoms with van der Waals surface area (Å²) in [6.07, 6.45) is 7.03. The molecule has 3 rings (SSSR count). The molecule has 4 heteroatoms. The summed E-state index contributed by atoms with van der Waals surface area (Å²) < 4.78 is 0. The third-order valence-electron chi connectivity index (χ3n) is 4.99. The van der Waals surface area contributed by atoms with Crippen molar-refractivity contribution in [3.63, 3.8) is 0 Å².